The molecular weight excluding hydrogens is 432 g/mol. The molecule has 0 nitrogen and oxygen atoms in total. The largest absolute Gasteiger partial charge is 0.0885 e. The maximum absolute atomic E-state index is 2.50. The van der Waals surface area contributed by atoms with Crippen LogP contribution >= 0.6 is 0 Å². The van der Waals surface area contributed by atoms with Gasteiger partial charge in [-0.2, -0.15) is 0 Å². The molecule has 0 radical (unpaired) electrons. The second-order valence-corrected chi connectivity index (χ2v) is 12.2. The van der Waals surface area contributed by atoms with Crippen LogP contribution in [0.4, 0.5) is 0 Å². The zero-order chi connectivity index (χ0) is 26.2. The predicted molar refractivity (Wildman–Crippen MR) is 168 cm³/mol. The zero-order valence-electron chi connectivity index (χ0n) is 25.9. The minimum Gasteiger partial charge on any atom is -0.0885 e. The van der Waals surface area contributed by atoms with Crippen LogP contribution in [0.5, 0.6) is 0 Å². The lowest BCUT2D eigenvalue weighted by Gasteiger charge is -2.11. The van der Waals surface area contributed by atoms with Crippen LogP contribution in [0, 0.1) is 5.92 Å². The summed E-state index contributed by atoms with van der Waals surface area (Å²) in [5.74, 6) is 0.959. The molecule has 0 aromatic heterocycles. The molecule has 0 spiro atoms. The van der Waals surface area contributed by atoms with E-state index in [9.17, 15) is 0 Å². The summed E-state index contributed by atoms with van der Waals surface area (Å²) >= 11 is 0. The minimum atomic E-state index is 0.959. The number of hydrogen-bond acceptors (Lipinski definition) is 0. The van der Waals surface area contributed by atoms with E-state index >= 15 is 0 Å². The Bertz CT molecular complexity index is 395. The molecule has 0 aliphatic rings. The third-order valence-electron chi connectivity index (χ3n) is 8.26. The summed E-state index contributed by atoms with van der Waals surface area (Å²) < 4.78 is 0. The standard InChI is InChI=1S/C36H72/c1-4-6-8-10-12-14-16-18-19-20-21-22-23-25-27-29-31-33-35-36(3)34-32-30-28-26-24-17-15-13-11-9-7-5-2/h19-20,36H,4-18,21-35H2,1-3H3. The van der Waals surface area contributed by atoms with Crippen LogP contribution in [-0.4, -0.2) is 0 Å². The van der Waals surface area contributed by atoms with Gasteiger partial charge in [0.15, 0.2) is 0 Å². The van der Waals surface area contributed by atoms with Crippen molar-refractivity contribution in [2.45, 2.75) is 213 Å². The highest BCUT2D eigenvalue weighted by molar-refractivity contribution is 4.81. The molecule has 0 heterocycles. The molecule has 0 aromatic rings. The maximum atomic E-state index is 2.50. The van der Waals surface area contributed by atoms with Gasteiger partial charge >= 0.3 is 0 Å². The van der Waals surface area contributed by atoms with E-state index in [2.05, 4.69) is 32.9 Å². The Hall–Kier alpha value is -0.260. The Labute approximate surface area is 231 Å². The van der Waals surface area contributed by atoms with Gasteiger partial charge in [0, 0.05) is 0 Å². The molecule has 0 saturated heterocycles. The van der Waals surface area contributed by atoms with Crippen LogP contribution in [0.1, 0.15) is 213 Å². The molecule has 216 valence electrons. The van der Waals surface area contributed by atoms with Crippen molar-refractivity contribution >= 4 is 0 Å². The van der Waals surface area contributed by atoms with E-state index in [0.29, 0.717) is 0 Å². The number of unbranched alkanes of at least 4 members (excludes halogenated alkanes) is 25. The Kier molecular flexibility index (Phi) is 32.5. The molecule has 0 fully saturated rings. The van der Waals surface area contributed by atoms with Crippen molar-refractivity contribution in [1.29, 1.82) is 0 Å². The summed E-state index contributed by atoms with van der Waals surface area (Å²) in [5.41, 5.74) is 0. The SMILES string of the molecule is CCCCCCCCCC=CCCCCCCCCCC(C)CCCCCCCCCCCCCC. The maximum Gasteiger partial charge on any atom is -0.0351 e. The molecule has 0 aromatic carbocycles. The van der Waals surface area contributed by atoms with Gasteiger partial charge in [-0.15, -0.1) is 0 Å². The number of allylic oxidation sites excluding steroid dienone is 2. The molecular formula is C36H72. The molecule has 1 atom stereocenters. The van der Waals surface area contributed by atoms with Crippen molar-refractivity contribution in [1.82, 2.24) is 0 Å². The molecule has 0 aliphatic carbocycles. The summed E-state index contributed by atoms with van der Waals surface area (Å²) in [7, 11) is 0. The second kappa shape index (κ2) is 32.8. The van der Waals surface area contributed by atoms with Crippen LogP contribution < -0.4 is 0 Å². The monoisotopic (exact) mass is 505 g/mol. The highest BCUT2D eigenvalue weighted by atomic mass is 14.1. The van der Waals surface area contributed by atoms with Crippen molar-refractivity contribution in [2.75, 3.05) is 0 Å². The summed E-state index contributed by atoms with van der Waals surface area (Å²) in [5, 5.41) is 0. The summed E-state index contributed by atoms with van der Waals surface area (Å²) in [4.78, 5) is 0. The Balaban J connectivity index is 3.18. The first kappa shape index (κ1) is 35.7. The van der Waals surface area contributed by atoms with Crippen LogP contribution in [0.3, 0.4) is 0 Å². The van der Waals surface area contributed by atoms with E-state index in [4.69, 9.17) is 0 Å². The number of rotatable bonds is 31. The summed E-state index contributed by atoms with van der Waals surface area (Å²) in [6, 6.07) is 0. The minimum absolute atomic E-state index is 0.959. The molecule has 0 heteroatoms. The Morgan fingerprint density at radius 2 is 0.583 bits per heavy atom. The first-order chi connectivity index (χ1) is 17.8. The summed E-state index contributed by atoms with van der Waals surface area (Å²) in [6.45, 7) is 7.11. The highest BCUT2D eigenvalue weighted by Crippen LogP contribution is 2.19. The van der Waals surface area contributed by atoms with Crippen LogP contribution in [-0.2, 0) is 0 Å². The molecule has 0 amide bonds. The van der Waals surface area contributed by atoms with Crippen LogP contribution in [0.2, 0.25) is 0 Å². The molecule has 1 unspecified atom stereocenters. The van der Waals surface area contributed by atoms with E-state index in [1.807, 2.05) is 0 Å². The average Bonchev–Trinajstić information content (AvgIpc) is 2.88. The van der Waals surface area contributed by atoms with Gasteiger partial charge in [-0.05, 0) is 31.6 Å². The van der Waals surface area contributed by atoms with Crippen molar-refractivity contribution in [3.8, 4) is 0 Å². The normalized spacial score (nSPS) is 12.6. The van der Waals surface area contributed by atoms with E-state index in [-0.39, 0.29) is 0 Å². The fourth-order valence-corrected chi connectivity index (χ4v) is 5.57. The molecule has 0 N–H and O–H groups in total. The molecule has 36 heavy (non-hydrogen) atoms. The number of hydrogen-bond donors (Lipinski definition) is 0. The smallest absolute Gasteiger partial charge is 0.0351 e. The first-order valence-electron chi connectivity index (χ1n) is 17.5. The van der Waals surface area contributed by atoms with Crippen LogP contribution in [0.25, 0.3) is 0 Å². The molecule has 0 aliphatic heterocycles. The third kappa shape index (κ3) is 31.8. The fourth-order valence-electron chi connectivity index (χ4n) is 5.57. The molecule has 0 rings (SSSR count). The van der Waals surface area contributed by atoms with Gasteiger partial charge in [0.1, 0.15) is 0 Å². The van der Waals surface area contributed by atoms with Crippen molar-refractivity contribution < 1.29 is 0 Å². The van der Waals surface area contributed by atoms with Gasteiger partial charge in [-0.25, -0.2) is 0 Å². The van der Waals surface area contributed by atoms with Crippen molar-refractivity contribution in [3.63, 3.8) is 0 Å². The van der Waals surface area contributed by atoms with E-state index < -0.39 is 0 Å². The lowest BCUT2D eigenvalue weighted by molar-refractivity contribution is 0.430. The van der Waals surface area contributed by atoms with Gasteiger partial charge in [0.05, 0.1) is 0 Å². The predicted octanol–water partition coefficient (Wildman–Crippen LogP) is 13.9. The van der Waals surface area contributed by atoms with Gasteiger partial charge in [0.25, 0.3) is 0 Å². The molecule has 0 saturated carbocycles. The summed E-state index contributed by atoms with van der Waals surface area (Å²) in [6.07, 6.45) is 48.3. The Morgan fingerprint density at radius 3 is 0.889 bits per heavy atom. The van der Waals surface area contributed by atoms with E-state index in [1.165, 1.54) is 193 Å². The van der Waals surface area contributed by atoms with Gasteiger partial charge < -0.3 is 0 Å². The topological polar surface area (TPSA) is 0 Å². The van der Waals surface area contributed by atoms with E-state index in [0.717, 1.165) is 5.92 Å². The quantitative estimate of drug-likeness (QED) is 0.0650. The lowest BCUT2D eigenvalue weighted by atomic mass is 9.95. The molecule has 0 bridgehead atoms. The van der Waals surface area contributed by atoms with Gasteiger partial charge in [-0.1, -0.05) is 200 Å². The zero-order valence-corrected chi connectivity index (χ0v) is 25.9. The second-order valence-electron chi connectivity index (χ2n) is 12.2. The van der Waals surface area contributed by atoms with E-state index in [1.54, 1.807) is 0 Å². The van der Waals surface area contributed by atoms with Crippen LogP contribution in [0.15, 0.2) is 12.2 Å². The fraction of sp³-hybridized carbons (Fsp3) is 0.944. The lowest BCUT2D eigenvalue weighted by Crippen LogP contribution is -1.95. The Morgan fingerprint density at radius 1 is 0.333 bits per heavy atom. The highest BCUT2D eigenvalue weighted by Gasteiger charge is 2.02. The van der Waals surface area contributed by atoms with Crippen molar-refractivity contribution in [2.24, 2.45) is 5.92 Å². The van der Waals surface area contributed by atoms with Gasteiger partial charge in [0.2, 0.25) is 0 Å². The first-order valence-corrected chi connectivity index (χ1v) is 17.5. The third-order valence-corrected chi connectivity index (χ3v) is 8.26. The average molecular weight is 505 g/mol. The van der Waals surface area contributed by atoms with Crippen molar-refractivity contribution in [3.05, 3.63) is 12.2 Å². The van der Waals surface area contributed by atoms with Gasteiger partial charge in [-0.3, -0.25) is 0 Å².